The van der Waals surface area contributed by atoms with Gasteiger partial charge in [0.25, 0.3) is 5.91 Å². The van der Waals surface area contributed by atoms with Crippen LogP contribution in [0.15, 0.2) is 42.5 Å². The monoisotopic (exact) mass is 324 g/mol. The number of aromatic nitrogens is 1. The lowest BCUT2D eigenvalue weighted by atomic mass is 10.0. The van der Waals surface area contributed by atoms with Gasteiger partial charge in [-0.25, -0.2) is 9.78 Å². The maximum atomic E-state index is 12.7. The van der Waals surface area contributed by atoms with Crippen LogP contribution in [0.5, 0.6) is 0 Å². The molecule has 2 aromatic rings. The maximum absolute atomic E-state index is 12.7. The Hall–Kier alpha value is -2.69. The molecule has 124 valence electrons. The highest BCUT2D eigenvalue weighted by molar-refractivity contribution is 5.99. The van der Waals surface area contributed by atoms with Crippen molar-refractivity contribution in [3.63, 3.8) is 0 Å². The van der Waals surface area contributed by atoms with Crippen LogP contribution in [-0.4, -0.2) is 28.4 Å². The second kappa shape index (κ2) is 6.83. The van der Waals surface area contributed by atoms with E-state index < -0.39 is 5.97 Å². The Morgan fingerprint density at radius 3 is 2.71 bits per heavy atom. The minimum atomic E-state index is -0.442. The number of carbonyl (C=O) groups excluding carboxylic acids is 2. The van der Waals surface area contributed by atoms with Crippen LogP contribution in [0.3, 0.4) is 0 Å². The third-order valence-electron chi connectivity index (χ3n) is 4.20. The van der Waals surface area contributed by atoms with Gasteiger partial charge in [-0.2, -0.15) is 0 Å². The molecule has 0 N–H and O–H groups in total. The van der Waals surface area contributed by atoms with Crippen molar-refractivity contribution in [2.24, 2.45) is 0 Å². The normalized spacial score (nSPS) is 16.2. The zero-order valence-corrected chi connectivity index (χ0v) is 13.9. The van der Waals surface area contributed by atoms with Crippen LogP contribution >= 0.6 is 0 Å². The van der Waals surface area contributed by atoms with Crippen LogP contribution in [0.1, 0.15) is 58.4 Å². The number of ether oxygens (including phenoxy) is 1. The van der Waals surface area contributed by atoms with Crippen molar-refractivity contribution in [3.8, 4) is 0 Å². The molecule has 5 nitrogen and oxygen atoms in total. The molecule has 1 atom stereocenters. The van der Waals surface area contributed by atoms with Gasteiger partial charge in [-0.3, -0.25) is 4.79 Å². The number of hydrogen-bond acceptors (Lipinski definition) is 4. The molecule has 0 saturated heterocycles. The maximum Gasteiger partial charge on any atom is 0.356 e. The Bertz CT molecular complexity index is 773. The number of carbonyl (C=O) groups is 2. The minimum absolute atomic E-state index is 0.0146. The second-order valence-corrected chi connectivity index (χ2v) is 5.68. The smallest absolute Gasteiger partial charge is 0.356 e. The number of fused-ring (bicyclic) bond motifs is 1. The number of pyridine rings is 1. The highest BCUT2D eigenvalue weighted by atomic mass is 16.5. The van der Waals surface area contributed by atoms with Crippen LogP contribution in [0.25, 0.3) is 0 Å². The number of benzene rings is 1. The van der Waals surface area contributed by atoms with Crippen molar-refractivity contribution in [2.45, 2.75) is 32.9 Å². The quantitative estimate of drug-likeness (QED) is 0.791. The summed E-state index contributed by atoms with van der Waals surface area (Å²) >= 11 is 0. The van der Waals surface area contributed by atoms with Crippen molar-refractivity contribution >= 4 is 11.9 Å². The first-order valence-electron chi connectivity index (χ1n) is 8.18. The van der Waals surface area contributed by atoms with Gasteiger partial charge in [0.1, 0.15) is 5.69 Å². The van der Waals surface area contributed by atoms with Crippen molar-refractivity contribution < 1.29 is 14.3 Å². The summed E-state index contributed by atoms with van der Waals surface area (Å²) in [7, 11) is 0. The molecule has 0 bridgehead atoms. The summed E-state index contributed by atoms with van der Waals surface area (Å²) in [5, 5.41) is 0. The molecule has 0 saturated carbocycles. The van der Waals surface area contributed by atoms with Crippen LogP contribution < -0.4 is 0 Å². The zero-order valence-electron chi connectivity index (χ0n) is 13.9. The summed E-state index contributed by atoms with van der Waals surface area (Å²) in [6.07, 6.45) is 0.834. The van der Waals surface area contributed by atoms with Gasteiger partial charge in [-0.05, 0) is 37.1 Å². The lowest BCUT2D eigenvalue weighted by molar-refractivity contribution is 0.0519. The Labute approximate surface area is 141 Å². The number of esters is 1. The van der Waals surface area contributed by atoms with Crippen LogP contribution in [0, 0.1) is 0 Å². The molecule has 0 spiro atoms. The van der Waals surface area contributed by atoms with Crippen LogP contribution in [-0.2, 0) is 11.3 Å². The van der Waals surface area contributed by atoms with Gasteiger partial charge in [0.15, 0.2) is 0 Å². The number of hydrogen-bond donors (Lipinski definition) is 0. The fourth-order valence-electron chi connectivity index (χ4n) is 3.13. The first-order valence-corrected chi connectivity index (χ1v) is 8.18. The standard InChI is InChI=1S/C19H20N2O3/c1-3-17-14-9-5-6-10-15(14)18(22)21(17)12-13-8-7-11-16(20-13)19(23)24-4-2/h5-11,17H,3-4,12H2,1-2H3. The minimum Gasteiger partial charge on any atom is -0.461 e. The molecular weight excluding hydrogens is 304 g/mol. The third-order valence-corrected chi connectivity index (χ3v) is 4.20. The van der Waals surface area contributed by atoms with E-state index in [-0.39, 0.29) is 17.6 Å². The molecule has 0 fully saturated rings. The van der Waals surface area contributed by atoms with Crippen molar-refractivity contribution in [3.05, 3.63) is 65.0 Å². The van der Waals surface area contributed by atoms with Crippen LogP contribution in [0.4, 0.5) is 0 Å². The average Bonchev–Trinajstić information content (AvgIpc) is 2.87. The molecule has 24 heavy (non-hydrogen) atoms. The fourth-order valence-corrected chi connectivity index (χ4v) is 3.13. The second-order valence-electron chi connectivity index (χ2n) is 5.68. The molecule has 1 amide bonds. The Morgan fingerprint density at radius 1 is 1.17 bits per heavy atom. The Kier molecular flexibility index (Phi) is 4.60. The summed E-state index contributed by atoms with van der Waals surface area (Å²) in [6.45, 7) is 4.51. The first kappa shape index (κ1) is 16.2. The highest BCUT2D eigenvalue weighted by Gasteiger charge is 2.35. The van der Waals surface area contributed by atoms with Crippen LogP contribution in [0.2, 0.25) is 0 Å². The van der Waals surface area contributed by atoms with E-state index in [1.54, 1.807) is 19.1 Å². The number of nitrogens with zero attached hydrogens (tertiary/aromatic N) is 2. The van der Waals surface area contributed by atoms with Gasteiger partial charge >= 0.3 is 5.97 Å². The largest absolute Gasteiger partial charge is 0.461 e. The molecule has 1 aromatic heterocycles. The van der Waals surface area contributed by atoms with E-state index in [1.165, 1.54) is 0 Å². The van der Waals surface area contributed by atoms with Crippen molar-refractivity contribution in [1.29, 1.82) is 0 Å². The fraction of sp³-hybridized carbons (Fsp3) is 0.316. The van der Waals surface area contributed by atoms with Gasteiger partial charge in [0.2, 0.25) is 0 Å². The summed E-state index contributed by atoms with van der Waals surface area (Å²) in [5.74, 6) is -0.428. The topological polar surface area (TPSA) is 59.5 Å². The molecule has 0 radical (unpaired) electrons. The molecule has 0 aliphatic carbocycles. The van der Waals surface area contributed by atoms with E-state index in [0.717, 1.165) is 17.5 Å². The lowest BCUT2D eigenvalue weighted by Gasteiger charge is -2.24. The average molecular weight is 324 g/mol. The highest BCUT2D eigenvalue weighted by Crippen LogP contribution is 2.36. The van der Waals surface area contributed by atoms with E-state index >= 15 is 0 Å². The van der Waals surface area contributed by atoms with Crippen molar-refractivity contribution in [1.82, 2.24) is 9.88 Å². The lowest BCUT2D eigenvalue weighted by Crippen LogP contribution is -2.28. The summed E-state index contributed by atoms with van der Waals surface area (Å²) in [4.78, 5) is 30.7. The van der Waals surface area contributed by atoms with E-state index in [4.69, 9.17) is 4.74 Å². The molecule has 5 heteroatoms. The van der Waals surface area contributed by atoms with Crippen molar-refractivity contribution in [2.75, 3.05) is 6.61 Å². The molecule has 2 heterocycles. The Morgan fingerprint density at radius 2 is 1.96 bits per heavy atom. The summed E-state index contributed by atoms with van der Waals surface area (Å²) in [6, 6.07) is 13.0. The molecule has 1 aromatic carbocycles. The van der Waals surface area contributed by atoms with E-state index in [2.05, 4.69) is 11.9 Å². The molecule has 1 aliphatic heterocycles. The van der Waals surface area contributed by atoms with Gasteiger partial charge in [-0.1, -0.05) is 31.2 Å². The van der Waals surface area contributed by atoms with Gasteiger partial charge in [0, 0.05) is 5.56 Å². The summed E-state index contributed by atoms with van der Waals surface area (Å²) in [5.41, 5.74) is 2.77. The number of rotatable bonds is 5. The van der Waals surface area contributed by atoms with E-state index in [0.29, 0.717) is 18.8 Å². The third kappa shape index (κ3) is 2.89. The Balaban J connectivity index is 1.85. The number of amides is 1. The molecule has 1 aliphatic rings. The molecular formula is C19H20N2O3. The predicted molar refractivity (Wildman–Crippen MR) is 89.5 cm³/mol. The van der Waals surface area contributed by atoms with Gasteiger partial charge in [-0.15, -0.1) is 0 Å². The van der Waals surface area contributed by atoms with E-state index in [9.17, 15) is 9.59 Å². The SMILES string of the molecule is CCOC(=O)c1cccc(CN2C(=O)c3ccccc3C2CC)n1. The first-order chi connectivity index (χ1) is 11.7. The van der Waals surface area contributed by atoms with Gasteiger partial charge < -0.3 is 9.64 Å². The van der Waals surface area contributed by atoms with Gasteiger partial charge in [0.05, 0.1) is 24.9 Å². The van der Waals surface area contributed by atoms with E-state index in [1.807, 2.05) is 35.2 Å². The molecule has 3 rings (SSSR count). The molecule has 1 unspecified atom stereocenters. The predicted octanol–water partition coefficient (Wildman–Crippen LogP) is 3.37. The zero-order chi connectivity index (χ0) is 17.1. The summed E-state index contributed by atoms with van der Waals surface area (Å²) < 4.78 is 4.99.